The number of hydrogen-bond donors (Lipinski definition) is 2. The first kappa shape index (κ1) is 9.37. The van der Waals surface area contributed by atoms with Crippen molar-refractivity contribution in [3.63, 3.8) is 0 Å². The van der Waals surface area contributed by atoms with Gasteiger partial charge in [0.15, 0.2) is 5.43 Å². The highest BCUT2D eigenvalue weighted by Crippen LogP contribution is 2.13. The fourth-order valence-electron chi connectivity index (χ4n) is 0.777. The molecule has 70 valence electrons. The number of halogens is 2. The molecule has 1 aromatic heterocycles. The Kier molecular flexibility index (Phi) is 2.41. The lowest BCUT2D eigenvalue weighted by Gasteiger charge is -1.98. The van der Waals surface area contributed by atoms with Crippen LogP contribution in [0.1, 0.15) is 22.5 Å². The monoisotopic (exact) mass is 189 g/mol. The molecule has 1 rings (SSSR count). The fraction of sp³-hybridized carbons (Fsp3) is 0.143. The molecule has 0 saturated heterocycles. The molecule has 6 heteroatoms. The highest BCUT2D eigenvalue weighted by Gasteiger charge is 2.13. The Morgan fingerprint density at radius 1 is 1.54 bits per heavy atom. The van der Waals surface area contributed by atoms with Gasteiger partial charge in [-0.1, -0.05) is 0 Å². The van der Waals surface area contributed by atoms with E-state index in [-0.39, 0.29) is 0 Å². The van der Waals surface area contributed by atoms with Gasteiger partial charge < -0.3 is 10.1 Å². The van der Waals surface area contributed by atoms with Gasteiger partial charge in [-0.05, 0) is 0 Å². The summed E-state index contributed by atoms with van der Waals surface area (Å²) in [6, 6.07) is 0.629. The molecule has 4 nitrogen and oxygen atoms in total. The number of carboxylic acid groups (broad SMARTS) is 1. The summed E-state index contributed by atoms with van der Waals surface area (Å²) in [5, 5.41) is 8.38. The Balaban J connectivity index is 3.21. The molecule has 0 aliphatic heterocycles. The van der Waals surface area contributed by atoms with Gasteiger partial charge in [0, 0.05) is 12.3 Å². The lowest BCUT2D eigenvalue weighted by Crippen LogP contribution is -2.13. The van der Waals surface area contributed by atoms with E-state index in [1.165, 1.54) is 0 Å². The molecule has 0 spiro atoms. The van der Waals surface area contributed by atoms with E-state index in [9.17, 15) is 18.4 Å². The standard InChI is InChI=1S/C7H5F2NO3/c8-6(9)3-2-10-4(7(12)13)1-5(3)11/h1-2,6H,(H,10,11)(H,12,13). The second-order valence-corrected chi connectivity index (χ2v) is 2.27. The summed E-state index contributed by atoms with van der Waals surface area (Å²) in [6.45, 7) is 0. The normalized spacial score (nSPS) is 10.4. The zero-order valence-corrected chi connectivity index (χ0v) is 6.25. The van der Waals surface area contributed by atoms with Crippen LogP contribution in [0.4, 0.5) is 8.78 Å². The molecule has 1 heterocycles. The molecule has 0 bridgehead atoms. The van der Waals surface area contributed by atoms with Crippen molar-refractivity contribution in [2.24, 2.45) is 0 Å². The molecule has 0 aliphatic carbocycles. The van der Waals surface area contributed by atoms with Crippen LogP contribution >= 0.6 is 0 Å². The second-order valence-electron chi connectivity index (χ2n) is 2.27. The van der Waals surface area contributed by atoms with Crippen LogP contribution in [-0.2, 0) is 0 Å². The van der Waals surface area contributed by atoms with Crippen LogP contribution in [0.25, 0.3) is 0 Å². The Bertz CT molecular complexity index is 386. The summed E-state index contributed by atoms with van der Waals surface area (Å²) in [4.78, 5) is 23.2. The maximum absolute atomic E-state index is 12.0. The van der Waals surface area contributed by atoms with E-state index in [2.05, 4.69) is 4.98 Å². The van der Waals surface area contributed by atoms with E-state index in [0.717, 1.165) is 0 Å². The number of hydrogen-bond acceptors (Lipinski definition) is 2. The van der Waals surface area contributed by atoms with E-state index in [0.29, 0.717) is 12.3 Å². The Morgan fingerprint density at radius 2 is 2.15 bits per heavy atom. The van der Waals surface area contributed by atoms with Crippen LogP contribution in [0.3, 0.4) is 0 Å². The Hall–Kier alpha value is -1.72. The predicted octanol–water partition coefficient (Wildman–Crippen LogP) is 1.01. The summed E-state index contributed by atoms with van der Waals surface area (Å²) >= 11 is 0. The number of rotatable bonds is 2. The number of aromatic carboxylic acids is 1. The number of alkyl halides is 2. The molecular formula is C7H5F2NO3. The molecule has 0 atom stereocenters. The topological polar surface area (TPSA) is 70.2 Å². The van der Waals surface area contributed by atoms with Crippen LogP contribution in [0.15, 0.2) is 17.1 Å². The molecule has 0 amide bonds. The van der Waals surface area contributed by atoms with Crippen molar-refractivity contribution >= 4 is 5.97 Å². The van der Waals surface area contributed by atoms with Crippen molar-refractivity contribution in [3.05, 3.63) is 33.7 Å². The van der Waals surface area contributed by atoms with Crippen molar-refractivity contribution < 1.29 is 18.7 Å². The molecule has 2 N–H and O–H groups in total. The average molecular weight is 189 g/mol. The van der Waals surface area contributed by atoms with Gasteiger partial charge in [0.2, 0.25) is 0 Å². The van der Waals surface area contributed by atoms with Crippen molar-refractivity contribution in [2.75, 3.05) is 0 Å². The average Bonchev–Trinajstić information content (AvgIpc) is 2.03. The van der Waals surface area contributed by atoms with Crippen molar-refractivity contribution in [2.45, 2.75) is 6.43 Å². The number of nitrogens with one attached hydrogen (secondary N) is 1. The van der Waals surface area contributed by atoms with Crippen LogP contribution in [0.2, 0.25) is 0 Å². The van der Waals surface area contributed by atoms with E-state index >= 15 is 0 Å². The lowest BCUT2D eigenvalue weighted by atomic mass is 10.2. The Morgan fingerprint density at radius 3 is 2.54 bits per heavy atom. The maximum atomic E-state index is 12.0. The Labute approximate surface area is 70.8 Å². The number of H-pyrrole nitrogens is 1. The first-order valence-corrected chi connectivity index (χ1v) is 3.26. The summed E-state index contributed by atoms with van der Waals surface area (Å²) in [6.07, 6.45) is -2.19. The van der Waals surface area contributed by atoms with Gasteiger partial charge in [0.25, 0.3) is 6.43 Å². The molecule has 0 radical (unpaired) electrons. The highest BCUT2D eigenvalue weighted by atomic mass is 19.3. The van der Waals surface area contributed by atoms with Gasteiger partial charge in [-0.25, -0.2) is 13.6 Å². The van der Waals surface area contributed by atoms with Crippen molar-refractivity contribution in [3.8, 4) is 0 Å². The van der Waals surface area contributed by atoms with Gasteiger partial charge in [0.05, 0.1) is 5.56 Å². The zero-order valence-electron chi connectivity index (χ0n) is 6.25. The molecule has 1 aromatic rings. The van der Waals surface area contributed by atoms with E-state index in [1.54, 1.807) is 0 Å². The second kappa shape index (κ2) is 3.34. The highest BCUT2D eigenvalue weighted by molar-refractivity contribution is 5.85. The third-order valence-corrected chi connectivity index (χ3v) is 1.41. The van der Waals surface area contributed by atoms with Gasteiger partial charge in [-0.2, -0.15) is 0 Å². The molecule has 0 aliphatic rings. The number of carbonyl (C=O) groups is 1. The predicted molar refractivity (Wildman–Crippen MR) is 39.0 cm³/mol. The minimum atomic E-state index is -2.90. The maximum Gasteiger partial charge on any atom is 0.352 e. The quantitative estimate of drug-likeness (QED) is 0.729. The van der Waals surface area contributed by atoms with Gasteiger partial charge in [0.1, 0.15) is 5.69 Å². The van der Waals surface area contributed by atoms with Gasteiger partial charge in [-0.15, -0.1) is 0 Å². The molecular weight excluding hydrogens is 184 g/mol. The molecule has 0 saturated carbocycles. The molecule has 0 fully saturated rings. The molecule has 13 heavy (non-hydrogen) atoms. The first-order chi connectivity index (χ1) is 6.02. The number of carboxylic acids is 1. The summed E-state index contributed by atoms with van der Waals surface area (Å²) in [7, 11) is 0. The van der Waals surface area contributed by atoms with Crippen LogP contribution in [-0.4, -0.2) is 16.1 Å². The lowest BCUT2D eigenvalue weighted by molar-refractivity contribution is 0.0689. The van der Waals surface area contributed by atoms with E-state index in [4.69, 9.17) is 5.11 Å². The molecule has 0 aromatic carbocycles. The minimum Gasteiger partial charge on any atom is -0.477 e. The van der Waals surface area contributed by atoms with Crippen molar-refractivity contribution in [1.29, 1.82) is 0 Å². The van der Waals surface area contributed by atoms with Crippen LogP contribution in [0.5, 0.6) is 0 Å². The largest absolute Gasteiger partial charge is 0.477 e. The first-order valence-electron chi connectivity index (χ1n) is 3.26. The van der Waals surface area contributed by atoms with E-state index in [1.807, 2.05) is 0 Å². The van der Waals surface area contributed by atoms with Crippen molar-refractivity contribution in [1.82, 2.24) is 4.98 Å². The third-order valence-electron chi connectivity index (χ3n) is 1.41. The number of aromatic amines is 1. The minimum absolute atomic E-state index is 0.408. The molecule has 0 unspecified atom stereocenters. The summed E-state index contributed by atoms with van der Waals surface area (Å²) in [5.74, 6) is -1.36. The van der Waals surface area contributed by atoms with Crippen LogP contribution < -0.4 is 5.43 Å². The van der Waals surface area contributed by atoms with E-state index < -0.39 is 29.1 Å². The number of aromatic nitrogens is 1. The zero-order chi connectivity index (χ0) is 10.0. The fourth-order valence-corrected chi connectivity index (χ4v) is 0.777. The summed E-state index contributed by atoms with van der Waals surface area (Å²) < 4.78 is 24.0. The SMILES string of the molecule is O=C(O)c1cc(=O)c(C(F)F)c[nH]1. The smallest absolute Gasteiger partial charge is 0.352 e. The third kappa shape index (κ3) is 1.90. The van der Waals surface area contributed by atoms with Gasteiger partial charge >= 0.3 is 5.97 Å². The van der Waals surface area contributed by atoms with Gasteiger partial charge in [-0.3, -0.25) is 4.79 Å². The van der Waals surface area contributed by atoms with Crippen LogP contribution in [0, 0.1) is 0 Å². The number of pyridine rings is 1. The summed E-state index contributed by atoms with van der Waals surface area (Å²) in [5.41, 5.74) is -2.12.